The number of amides is 2. The van der Waals surface area contributed by atoms with Crippen LogP contribution >= 0.6 is 11.6 Å². The summed E-state index contributed by atoms with van der Waals surface area (Å²) in [5.74, 6) is -0.270. The number of morpholine rings is 1. The number of rotatable bonds is 2. The van der Waals surface area contributed by atoms with Crippen molar-refractivity contribution in [3.8, 4) is 0 Å². The summed E-state index contributed by atoms with van der Waals surface area (Å²) < 4.78 is 7.46. The van der Waals surface area contributed by atoms with Crippen molar-refractivity contribution in [2.24, 2.45) is 7.05 Å². The number of piperidine rings is 1. The number of aryl methyl sites for hydroxylation is 1. The molecule has 0 unspecified atom stereocenters. The molecule has 0 spiro atoms. The van der Waals surface area contributed by atoms with Crippen molar-refractivity contribution in [3.05, 3.63) is 52.8 Å². The van der Waals surface area contributed by atoms with Gasteiger partial charge in [0.05, 0.1) is 10.6 Å². The number of carbonyl (C=O) groups excluding carboxylic acids is 2. The Morgan fingerprint density at radius 2 is 2.04 bits per heavy atom. The zero-order valence-corrected chi connectivity index (χ0v) is 16.0. The SMILES string of the molecule is CN1C(=O)CO[C@@H]2CN(C(=O)c3nn(C)cc3Cl)CC[C@]21c1ccccc1. The molecule has 142 valence electrons. The predicted octanol–water partition coefficient (Wildman–Crippen LogP) is 1.67. The summed E-state index contributed by atoms with van der Waals surface area (Å²) in [5, 5.41) is 4.51. The van der Waals surface area contributed by atoms with Crippen LogP contribution in [0.1, 0.15) is 22.5 Å². The second kappa shape index (κ2) is 6.65. The third-order valence-corrected chi connectivity index (χ3v) is 5.89. The largest absolute Gasteiger partial charge is 0.364 e. The summed E-state index contributed by atoms with van der Waals surface area (Å²) in [6.45, 7) is 0.873. The molecule has 0 aliphatic carbocycles. The van der Waals surface area contributed by atoms with Gasteiger partial charge in [0.2, 0.25) is 5.91 Å². The first kappa shape index (κ1) is 18.0. The van der Waals surface area contributed by atoms with Crippen LogP contribution in [-0.2, 0) is 22.1 Å². The van der Waals surface area contributed by atoms with E-state index in [-0.39, 0.29) is 30.2 Å². The highest BCUT2D eigenvalue weighted by atomic mass is 35.5. The summed E-state index contributed by atoms with van der Waals surface area (Å²) in [6.07, 6.45) is 1.87. The third kappa shape index (κ3) is 2.82. The standard InChI is InChI=1S/C19H21ClN4O3/c1-22-10-14(20)17(21-22)18(26)24-9-8-19(13-6-4-3-5-7-13)15(11-24)27-12-16(25)23(19)2/h3-7,10,15H,8-9,11-12H2,1-2H3/t15-,19+/m1/s1. The molecule has 0 bridgehead atoms. The number of aromatic nitrogens is 2. The molecule has 2 saturated heterocycles. The first-order valence-electron chi connectivity index (χ1n) is 8.85. The number of likely N-dealkylation sites (tertiary alicyclic amines) is 1. The molecule has 0 N–H and O–H groups in total. The minimum atomic E-state index is -0.582. The predicted molar refractivity (Wildman–Crippen MR) is 99.4 cm³/mol. The average Bonchev–Trinajstić information content (AvgIpc) is 3.02. The summed E-state index contributed by atoms with van der Waals surface area (Å²) in [7, 11) is 3.54. The number of likely N-dealkylation sites (N-methyl/N-ethyl adjacent to an activating group) is 1. The van der Waals surface area contributed by atoms with E-state index in [0.29, 0.717) is 24.5 Å². The molecule has 1 aromatic heterocycles. The van der Waals surface area contributed by atoms with Crippen molar-refractivity contribution in [1.29, 1.82) is 0 Å². The second-order valence-corrected chi connectivity index (χ2v) is 7.45. The summed E-state index contributed by atoms with van der Waals surface area (Å²) in [6, 6.07) is 9.89. The van der Waals surface area contributed by atoms with E-state index in [1.165, 1.54) is 4.68 Å². The number of benzene rings is 1. The van der Waals surface area contributed by atoms with Gasteiger partial charge in [-0.2, -0.15) is 5.10 Å². The van der Waals surface area contributed by atoms with Crippen LogP contribution in [-0.4, -0.2) is 64.2 Å². The van der Waals surface area contributed by atoms with E-state index >= 15 is 0 Å². The topological polar surface area (TPSA) is 67.7 Å². The Morgan fingerprint density at radius 1 is 1.30 bits per heavy atom. The van der Waals surface area contributed by atoms with Crippen molar-refractivity contribution in [1.82, 2.24) is 19.6 Å². The summed E-state index contributed by atoms with van der Waals surface area (Å²) in [5.41, 5.74) is 0.682. The van der Waals surface area contributed by atoms with E-state index in [2.05, 4.69) is 5.10 Å². The lowest BCUT2D eigenvalue weighted by molar-refractivity contribution is -0.180. The molecule has 3 heterocycles. The van der Waals surface area contributed by atoms with Crippen LogP contribution in [0.3, 0.4) is 0 Å². The van der Waals surface area contributed by atoms with Gasteiger partial charge in [0.25, 0.3) is 5.91 Å². The van der Waals surface area contributed by atoms with Gasteiger partial charge < -0.3 is 14.5 Å². The van der Waals surface area contributed by atoms with Crippen LogP contribution in [0.4, 0.5) is 0 Å². The maximum Gasteiger partial charge on any atom is 0.276 e. The Bertz CT molecular complexity index is 884. The first-order chi connectivity index (χ1) is 12.9. The number of carbonyl (C=O) groups is 2. The van der Waals surface area contributed by atoms with Gasteiger partial charge >= 0.3 is 0 Å². The normalized spacial score (nSPS) is 25.4. The maximum atomic E-state index is 12.9. The molecule has 2 aromatic rings. The van der Waals surface area contributed by atoms with Gasteiger partial charge in [-0.3, -0.25) is 14.3 Å². The van der Waals surface area contributed by atoms with E-state index < -0.39 is 5.54 Å². The van der Waals surface area contributed by atoms with Gasteiger partial charge in [0.1, 0.15) is 12.7 Å². The Hall–Kier alpha value is -2.38. The smallest absolute Gasteiger partial charge is 0.276 e. The van der Waals surface area contributed by atoms with Crippen LogP contribution in [0.25, 0.3) is 0 Å². The van der Waals surface area contributed by atoms with Gasteiger partial charge in [-0.05, 0) is 12.0 Å². The van der Waals surface area contributed by atoms with Gasteiger partial charge in [0, 0.05) is 33.4 Å². The molecule has 0 saturated carbocycles. The van der Waals surface area contributed by atoms with Crippen molar-refractivity contribution in [2.75, 3.05) is 26.7 Å². The molecule has 2 atom stereocenters. The first-order valence-corrected chi connectivity index (χ1v) is 9.23. The molecule has 7 nitrogen and oxygen atoms in total. The van der Waals surface area contributed by atoms with Gasteiger partial charge in [-0.25, -0.2) is 0 Å². The number of halogens is 1. The Balaban J connectivity index is 1.66. The van der Waals surface area contributed by atoms with Crippen LogP contribution in [0.2, 0.25) is 5.02 Å². The Morgan fingerprint density at radius 3 is 2.70 bits per heavy atom. The molecule has 1 aromatic carbocycles. The Kier molecular flexibility index (Phi) is 4.44. The zero-order valence-electron chi connectivity index (χ0n) is 15.3. The van der Waals surface area contributed by atoms with Crippen LogP contribution in [0.5, 0.6) is 0 Å². The molecule has 27 heavy (non-hydrogen) atoms. The Labute approximate surface area is 162 Å². The summed E-state index contributed by atoms with van der Waals surface area (Å²) in [4.78, 5) is 28.8. The molecule has 2 fully saturated rings. The van der Waals surface area contributed by atoms with E-state index in [9.17, 15) is 9.59 Å². The van der Waals surface area contributed by atoms with E-state index in [1.54, 1.807) is 23.0 Å². The minimum Gasteiger partial charge on any atom is -0.364 e. The van der Waals surface area contributed by atoms with Gasteiger partial charge in [-0.15, -0.1) is 0 Å². The highest BCUT2D eigenvalue weighted by Crippen LogP contribution is 2.42. The summed E-state index contributed by atoms with van der Waals surface area (Å²) >= 11 is 6.15. The zero-order chi connectivity index (χ0) is 19.2. The fraction of sp³-hybridized carbons (Fsp3) is 0.421. The highest BCUT2D eigenvalue weighted by Gasteiger charge is 2.53. The maximum absolute atomic E-state index is 12.9. The van der Waals surface area contributed by atoms with Crippen molar-refractivity contribution < 1.29 is 14.3 Å². The monoisotopic (exact) mass is 388 g/mol. The van der Waals surface area contributed by atoms with Crippen LogP contribution in [0.15, 0.2) is 36.5 Å². The highest BCUT2D eigenvalue weighted by molar-refractivity contribution is 6.33. The number of hydrogen-bond donors (Lipinski definition) is 0. The fourth-order valence-electron chi connectivity index (χ4n) is 4.16. The second-order valence-electron chi connectivity index (χ2n) is 7.04. The van der Waals surface area contributed by atoms with E-state index in [4.69, 9.17) is 16.3 Å². The molecule has 0 radical (unpaired) electrons. The molecule has 8 heteroatoms. The molecule has 4 rings (SSSR count). The van der Waals surface area contributed by atoms with E-state index in [1.807, 2.05) is 37.4 Å². The lowest BCUT2D eigenvalue weighted by atomic mass is 9.76. The van der Waals surface area contributed by atoms with Crippen molar-refractivity contribution in [3.63, 3.8) is 0 Å². The number of ether oxygens (including phenoxy) is 1. The molecule has 2 aliphatic rings. The van der Waals surface area contributed by atoms with E-state index in [0.717, 1.165) is 5.56 Å². The third-order valence-electron chi connectivity index (χ3n) is 5.61. The van der Waals surface area contributed by atoms with Gasteiger partial charge in [0.15, 0.2) is 5.69 Å². The molecular weight excluding hydrogens is 368 g/mol. The fourth-order valence-corrected chi connectivity index (χ4v) is 4.42. The lowest BCUT2D eigenvalue weighted by Gasteiger charge is -2.54. The minimum absolute atomic E-state index is 0.0160. The number of fused-ring (bicyclic) bond motifs is 1. The molecular formula is C19H21ClN4O3. The molecule has 2 amide bonds. The lowest BCUT2D eigenvalue weighted by Crippen LogP contribution is -2.67. The number of nitrogens with zero attached hydrogens (tertiary/aromatic N) is 4. The average molecular weight is 389 g/mol. The van der Waals surface area contributed by atoms with Crippen molar-refractivity contribution in [2.45, 2.75) is 18.1 Å². The van der Waals surface area contributed by atoms with Crippen molar-refractivity contribution >= 4 is 23.4 Å². The number of hydrogen-bond acceptors (Lipinski definition) is 4. The quantitative estimate of drug-likeness (QED) is 0.785. The van der Waals surface area contributed by atoms with Crippen LogP contribution < -0.4 is 0 Å². The van der Waals surface area contributed by atoms with Crippen LogP contribution in [0, 0.1) is 0 Å². The molecule has 2 aliphatic heterocycles. The van der Waals surface area contributed by atoms with Gasteiger partial charge in [-0.1, -0.05) is 41.9 Å².